The van der Waals surface area contributed by atoms with Crippen LogP contribution in [0.25, 0.3) is 11.0 Å². The molecule has 0 spiro atoms. The summed E-state index contributed by atoms with van der Waals surface area (Å²) in [6.45, 7) is 9.68. The first-order valence-corrected chi connectivity index (χ1v) is 13.0. The highest BCUT2D eigenvalue weighted by Crippen LogP contribution is 2.34. The van der Waals surface area contributed by atoms with Gasteiger partial charge in [-0.2, -0.15) is 10.2 Å². The van der Waals surface area contributed by atoms with Gasteiger partial charge in [0.15, 0.2) is 0 Å². The third-order valence-corrected chi connectivity index (χ3v) is 6.99. The molecule has 10 heteroatoms. The molecule has 3 aromatic rings. The van der Waals surface area contributed by atoms with E-state index in [9.17, 15) is 10.1 Å². The van der Waals surface area contributed by atoms with Gasteiger partial charge in [0.05, 0.1) is 11.9 Å². The molecule has 37 heavy (non-hydrogen) atoms. The molecule has 1 N–H and O–H groups in total. The average Bonchev–Trinajstić information content (AvgIpc) is 3.50. The van der Waals surface area contributed by atoms with Crippen LogP contribution in [0.4, 0.5) is 22.2 Å². The van der Waals surface area contributed by atoms with Gasteiger partial charge in [0, 0.05) is 43.3 Å². The van der Waals surface area contributed by atoms with E-state index in [2.05, 4.69) is 30.8 Å². The van der Waals surface area contributed by atoms with Crippen LogP contribution in [0, 0.1) is 11.3 Å². The van der Waals surface area contributed by atoms with Crippen molar-refractivity contribution >= 4 is 34.6 Å². The van der Waals surface area contributed by atoms with E-state index in [-0.39, 0.29) is 12.1 Å². The summed E-state index contributed by atoms with van der Waals surface area (Å²) in [5.41, 5.74) is 1.91. The predicted octanol–water partition coefficient (Wildman–Crippen LogP) is 5.00. The number of hydrogen-bond acceptors (Lipinski definition) is 8. The van der Waals surface area contributed by atoms with E-state index in [1.54, 1.807) is 11.1 Å². The van der Waals surface area contributed by atoms with E-state index < -0.39 is 5.60 Å². The molecule has 1 aliphatic heterocycles. The predicted molar refractivity (Wildman–Crippen MR) is 142 cm³/mol. The molecular formula is C27H34N8O2. The zero-order chi connectivity index (χ0) is 26.2. The van der Waals surface area contributed by atoms with Gasteiger partial charge in [-0.1, -0.05) is 12.8 Å². The maximum absolute atomic E-state index is 12.5. The first-order valence-electron chi connectivity index (χ1n) is 13.0. The van der Waals surface area contributed by atoms with Crippen molar-refractivity contribution in [3.63, 3.8) is 0 Å². The van der Waals surface area contributed by atoms with Crippen LogP contribution < -0.4 is 10.2 Å². The molecule has 1 saturated carbocycles. The molecule has 0 bridgehead atoms. The molecule has 194 valence electrons. The zero-order valence-corrected chi connectivity index (χ0v) is 21.9. The minimum Gasteiger partial charge on any atom is -0.444 e. The van der Waals surface area contributed by atoms with Crippen LogP contribution in [-0.2, 0) is 4.74 Å². The molecule has 1 saturated heterocycles. The summed E-state index contributed by atoms with van der Waals surface area (Å²) in [6, 6.07) is 8.44. The van der Waals surface area contributed by atoms with E-state index in [4.69, 9.17) is 9.72 Å². The van der Waals surface area contributed by atoms with E-state index in [1.165, 1.54) is 12.8 Å². The summed E-state index contributed by atoms with van der Waals surface area (Å²) in [5, 5.41) is 13.7. The van der Waals surface area contributed by atoms with Crippen LogP contribution >= 0.6 is 0 Å². The number of amides is 1. The first kappa shape index (κ1) is 24.8. The molecule has 2 fully saturated rings. The number of nitrogens with one attached hydrogen (secondary N) is 1. The Morgan fingerprint density at radius 3 is 2.59 bits per heavy atom. The summed E-state index contributed by atoms with van der Waals surface area (Å²) in [6.07, 6.45) is 7.81. The first-order chi connectivity index (χ1) is 17.7. The van der Waals surface area contributed by atoms with Gasteiger partial charge in [-0.05, 0) is 58.7 Å². The quantitative estimate of drug-likeness (QED) is 0.530. The number of nitriles is 1. The van der Waals surface area contributed by atoms with Crippen molar-refractivity contribution < 1.29 is 9.53 Å². The third-order valence-electron chi connectivity index (χ3n) is 6.99. The monoisotopic (exact) mass is 502 g/mol. The summed E-state index contributed by atoms with van der Waals surface area (Å²) in [7, 11) is 0. The van der Waals surface area contributed by atoms with Crippen molar-refractivity contribution in [2.24, 2.45) is 0 Å². The highest BCUT2D eigenvalue weighted by molar-refractivity contribution is 5.79. The summed E-state index contributed by atoms with van der Waals surface area (Å²) in [5.74, 6) is 1.09. The normalized spacial score (nSPS) is 18.7. The average molecular weight is 503 g/mol. The fourth-order valence-electron chi connectivity index (χ4n) is 5.23. The molecule has 4 heterocycles. The topological polar surface area (TPSA) is 112 Å². The molecule has 10 nitrogen and oxygen atoms in total. The number of nitrogens with zero attached hydrogens (tertiary/aromatic N) is 7. The fourth-order valence-corrected chi connectivity index (χ4v) is 5.23. The Morgan fingerprint density at radius 1 is 1.16 bits per heavy atom. The Balaban J connectivity index is 1.27. The fraction of sp³-hybridized carbons (Fsp3) is 0.519. The van der Waals surface area contributed by atoms with Crippen molar-refractivity contribution in [2.45, 2.75) is 71.1 Å². The van der Waals surface area contributed by atoms with Crippen molar-refractivity contribution in [3.8, 4) is 6.07 Å². The van der Waals surface area contributed by atoms with Crippen molar-refractivity contribution in [1.82, 2.24) is 24.4 Å². The number of carbonyl (C=O) groups excluding carboxylic acids is 1. The highest BCUT2D eigenvalue weighted by Gasteiger charge is 2.31. The van der Waals surface area contributed by atoms with Gasteiger partial charge in [-0.15, -0.1) is 0 Å². The van der Waals surface area contributed by atoms with Gasteiger partial charge in [-0.3, -0.25) is 0 Å². The maximum atomic E-state index is 12.5. The Labute approximate surface area is 217 Å². The van der Waals surface area contributed by atoms with Crippen LogP contribution in [0.3, 0.4) is 0 Å². The number of aromatic nitrogens is 4. The molecule has 2 aliphatic rings. The standard InChI is InChI=1S/C27H34N8O2/c1-18-17-33(11-12-34(18)26(36)37-27(2,3)4)21-9-10-23(29-16-21)31-25-30-15-19-13-22(14-28)35(24(19)32-25)20-7-5-6-8-20/h9-10,13,15-16,18,20H,5-8,11-12,17H2,1-4H3,(H,29,30,31,32). The lowest BCUT2D eigenvalue weighted by molar-refractivity contribution is 0.0159. The maximum Gasteiger partial charge on any atom is 0.410 e. The van der Waals surface area contributed by atoms with Gasteiger partial charge in [0.2, 0.25) is 5.95 Å². The molecule has 0 radical (unpaired) electrons. The van der Waals surface area contributed by atoms with Gasteiger partial charge >= 0.3 is 6.09 Å². The lowest BCUT2D eigenvalue weighted by Gasteiger charge is -2.41. The smallest absolute Gasteiger partial charge is 0.410 e. The third kappa shape index (κ3) is 5.31. The van der Waals surface area contributed by atoms with Crippen LogP contribution in [0.1, 0.15) is 65.1 Å². The number of hydrogen-bond donors (Lipinski definition) is 1. The van der Waals surface area contributed by atoms with E-state index in [0.717, 1.165) is 29.6 Å². The SMILES string of the molecule is CC1CN(c2ccc(Nc3ncc4cc(C#N)n(C5CCCC5)c4n3)nc2)CCN1C(=O)OC(C)(C)C. The number of fused-ring (bicyclic) bond motifs is 1. The Hall–Kier alpha value is -3.87. The minimum absolute atomic E-state index is 0.0240. The van der Waals surface area contributed by atoms with E-state index >= 15 is 0 Å². The molecular weight excluding hydrogens is 468 g/mol. The lowest BCUT2D eigenvalue weighted by atomic mass is 10.1. The number of anilines is 3. The summed E-state index contributed by atoms with van der Waals surface area (Å²) >= 11 is 0. The molecule has 5 rings (SSSR count). The van der Waals surface area contributed by atoms with Crippen LogP contribution in [0.2, 0.25) is 0 Å². The number of carbonyl (C=O) groups is 1. The second-order valence-electron chi connectivity index (χ2n) is 10.9. The molecule has 0 aromatic carbocycles. The number of rotatable bonds is 4. The Bertz CT molecular complexity index is 1320. The van der Waals surface area contributed by atoms with Crippen LogP contribution in [0.5, 0.6) is 0 Å². The number of pyridine rings is 1. The highest BCUT2D eigenvalue weighted by atomic mass is 16.6. The largest absolute Gasteiger partial charge is 0.444 e. The van der Waals surface area contributed by atoms with Crippen LogP contribution in [0.15, 0.2) is 30.6 Å². The van der Waals surface area contributed by atoms with Crippen molar-refractivity contribution in [1.29, 1.82) is 5.26 Å². The van der Waals surface area contributed by atoms with Gasteiger partial charge in [0.25, 0.3) is 0 Å². The summed E-state index contributed by atoms with van der Waals surface area (Å²) < 4.78 is 7.62. The molecule has 1 atom stereocenters. The Morgan fingerprint density at radius 2 is 1.95 bits per heavy atom. The van der Waals surface area contributed by atoms with E-state index in [1.807, 2.05) is 52.1 Å². The van der Waals surface area contributed by atoms with Crippen molar-refractivity contribution in [2.75, 3.05) is 29.9 Å². The molecule has 3 aromatic heterocycles. The van der Waals surface area contributed by atoms with Gasteiger partial charge < -0.3 is 24.4 Å². The second-order valence-corrected chi connectivity index (χ2v) is 10.9. The van der Waals surface area contributed by atoms with Crippen molar-refractivity contribution in [3.05, 3.63) is 36.3 Å². The van der Waals surface area contributed by atoms with Gasteiger partial charge in [-0.25, -0.2) is 14.8 Å². The minimum atomic E-state index is -0.507. The van der Waals surface area contributed by atoms with E-state index in [0.29, 0.717) is 43.1 Å². The molecule has 1 amide bonds. The van der Waals surface area contributed by atoms with Gasteiger partial charge in [0.1, 0.15) is 28.8 Å². The second kappa shape index (κ2) is 9.88. The molecule has 1 aliphatic carbocycles. The number of ether oxygens (including phenoxy) is 1. The van der Waals surface area contributed by atoms with Crippen LogP contribution in [-0.4, -0.2) is 61.8 Å². The zero-order valence-electron chi connectivity index (χ0n) is 21.9. The number of piperazine rings is 1. The lowest BCUT2D eigenvalue weighted by Crippen LogP contribution is -2.55. The Kier molecular flexibility index (Phi) is 6.63. The summed E-state index contributed by atoms with van der Waals surface area (Å²) in [4.78, 5) is 30.3. The molecule has 1 unspecified atom stereocenters.